The molecule has 3 N–H and O–H groups in total. The Balaban J connectivity index is 2.60. The van der Waals surface area contributed by atoms with Crippen LogP contribution in [0, 0.1) is 0 Å². The number of benzene rings is 1. The van der Waals surface area contributed by atoms with Gasteiger partial charge in [-0.2, -0.15) is 5.10 Å². The summed E-state index contributed by atoms with van der Waals surface area (Å²) >= 11 is 4.98. The maximum atomic E-state index is 11.0. The van der Waals surface area contributed by atoms with Crippen LogP contribution in [-0.4, -0.2) is 28.9 Å². The molecule has 0 aliphatic carbocycles. The summed E-state index contributed by atoms with van der Waals surface area (Å²) in [6.45, 7) is 6.17. The van der Waals surface area contributed by atoms with Gasteiger partial charge < -0.3 is 10.4 Å². The molecule has 1 rings (SSSR count). The molecule has 100 valence electrons. The second-order valence-electron chi connectivity index (χ2n) is 3.90. The summed E-state index contributed by atoms with van der Waals surface area (Å²) in [6.07, 6.45) is 1.41. The van der Waals surface area contributed by atoms with Crippen LogP contribution in [0.15, 0.2) is 41.5 Å². The van der Waals surface area contributed by atoms with E-state index in [-0.39, 0.29) is 5.56 Å². The fourth-order valence-corrected chi connectivity index (χ4v) is 1.36. The number of nitrogens with zero attached hydrogens (tertiary/aromatic N) is 1. The first-order chi connectivity index (χ1) is 9.00. The molecule has 0 atom stereocenters. The Labute approximate surface area is 117 Å². The Bertz CT molecular complexity index is 526. The number of carboxylic acids is 1. The summed E-state index contributed by atoms with van der Waals surface area (Å²) in [5.41, 5.74) is 4.25. The summed E-state index contributed by atoms with van der Waals surface area (Å²) < 4.78 is 0. The first kappa shape index (κ1) is 14.8. The van der Waals surface area contributed by atoms with Crippen molar-refractivity contribution in [3.8, 4) is 0 Å². The van der Waals surface area contributed by atoms with Gasteiger partial charge in [0.15, 0.2) is 5.11 Å². The quantitative estimate of drug-likeness (QED) is 0.331. The average molecular weight is 277 g/mol. The standard InChI is InChI=1S/C13H15N3O2S/c1-9(2)7-14-13(19)16-15-8-10-5-3-4-6-11(10)12(17)18/h3-6,8H,1,7H2,2H3,(H,17,18)(H2,14,16,19)/b15-8+. The molecule has 0 saturated carbocycles. The minimum atomic E-state index is -0.995. The number of nitrogens with one attached hydrogen (secondary N) is 2. The van der Waals surface area contributed by atoms with E-state index in [9.17, 15) is 4.79 Å². The van der Waals surface area contributed by atoms with Gasteiger partial charge in [0.1, 0.15) is 0 Å². The molecule has 0 aromatic heterocycles. The van der Waals surface area contributed by atoms with Gasteiger partial charge in [-0.15, -0.1) is 0 Å². The Hall–Kier alpha value is -2.21. The third-order valence-electron chi connectivity index (χ3n) is 2.11. The highest BCUT2D eigenvalue weighted by Gasteiger charge is 2.06. The van der Waals surface area contributed by atoms with Crippen LogP contribution in [0.1, 0.15) is 22.8 Å². The number of hydrogen-bond donors (Lipinski definition) is 3. The minimum absolute atomic E-state index is 0.189. The second-order valence-corrected chi connectivity index (χ2v) is 4.31. The van der Waals surface area contributed by atoms with E-state index in [4.69, 9.17) is 17.3 Å². The highest BCUT2D eigenvalue weighted by molar-refractivity contribution is 7.80. The van der Waals surface area contributed by atoms with Crippen LogP contribution >= 0.6 is 12.2 Å². The lowest BCUT2D eigenvalue weighted by Gasteiger charge is -2.06. The van der Waals surface area contributed by atoms with Crippen molar-refractivity contribution in [3.05, 3.63) is 47.5 Å². The van der Waals surface area contributed by atoms with Crippen molar-refractivity contribution >= 4 is 29.5 Å². The van der Waals surface area contributed by atoms with Crippen molar-refractivity contribution in [1.82, 2.24) is 10.7 Å². The lowest BCUT2D eigenvalue weighted by Crippen LogP contribution is -2.32. The van der Waals surface area contributed by atoms with Crippen molar-refractivity contribution in [2.45, 2.75) is 6.92 Å². The Morgan fingerprint density at radius 3 is 2.84 bits per heavy atom. The van der Waals surface area contributed by atoms with Gasteiger partial charge in [0.2, 0.25) is 0 Å². The summed E-state index contributed by atoms with van der Waals surface area (Å²) in [5.74, 6) is -0.995. The highest BCUT2D eigenvalue weighted by Crippen LogP contribution is 2.05. The molecule has 0 bridgehead atoms. The number of hydrazone groups is 1. The van der Waals surface area contributed by atoms with Gasteiger partial charge in [-0.3, -0.25) is 5.43 Å². The van der Waals surface area contributed by atoms with Gasteiger partial charge in [-0.1, -0.05) is 30.4 Å². The summed E-state index contributed by atoms with van der Waals surface area (Å²) in [7, 11) is 0. The van der Waals surface area contributed by atoms with Gasteiger partial charge in [-0.05, 0) is 25.2 Å². The average Bonchev–Trinajstić information content (AvgIpc) is 2.36. The normalized spacial score (nSPS) is 10.2. The number of aromatic carboxylic acids is 1. The van der Waals surface area contributed by atoms with Crippen molar-refractivity contribution < 1.29 is 9.90 Å². The first-order valence-corrected chi connectivity index (χ1v) is 5.95. The van der Waals surface area contributed by atoms with Gasteiger partial charge >= 0.3 is 5.97 Å². The molecule has 0 saturated heterocycles. The van der Waals surface area contributed by atoms with E-state index in [1.54, 1.807) is 18.2 Å². The molecular weight excluding hydrogens is 262 g/mol. The van der Waals surface area contributed by atoms with Gasteiger partial charge in [0, 0.05) is 12.1 Å². The number of carbonyl (C=O) groups is 1. The molecule has 6 heteroatoms. The topological polar surface area (TPSA) is 73.7 Å². The molecule has 0 amide bonds. The molecule has 0 aliphatic rings. The van der Waals surface area contributed by atoms with Crippen LogP contribution in [0.5, 0.6) is 0 Å². The third kappa shape index (κ3) is 5.31. The zero-order valence-electron chi connectivity index (χ0n) is 10.5. The van der Waals surface area contributed by atoms with Crippen LogP contribution < -0.4 is 10.7 Å². The predicted molar refractivity (Wildman–Crippen MR) is 79.5 cm³/mol. The molecule has 5 nitrogen and oxygen atoms in total. The molecule has 1 aromatic carbocycles. The van der Waals surface area contributed by atoms with Gasteiger partial charge in [-0.25, -0.2) is 4.79 Å². The van der Waals surface area contributed by atoms with Crippen molar-refractivity contribution in [2.75, 3.05) is 6.54 Å². The van der Waals surface area contributed by atoms with E-state index in [0.717, 1.165) is 5.57 Å². The fraction of sp³-hybridized carbons (Fsp3) is 0.154. The molecule has 0 heterocycles. The highest BCUT2D eigenvalue weighted by atomic mass is 32.1. The van der Waals surface area contributed by atoms with Crippen LogP contribution in [0.3, 0.4) is 0 Å². The molecular formula is C13H15N3O2S. The van der Waals surface area contributed by atoms with Crippen molar-refractivity contribution in [2.24, 2.45) is 5.10 Å². The zero-order chi connectivity index (χ0) is 14.3. The fourth-order valence-electron chi connectivity index (χ4n) is 1.24. The maximum Gasteiger partial charge on any atom is 0.336 e. The second kappa shape index (κ2) is 7.27. The van der Waals surface area contributed by atoms with E-state index >= 15 is 0 Å². The Morgan fingerprint density at radius 2 is 2.21 bits per heavy atom. The number of thiocarbonyl (C=S) groups is 1. The van der Waals surface area contributed by atoms with Crippen LogP contribution in [0.25, 0.3) is 0 Å². The van der Waals surface area contributed by atoms with E-state index in [2.05, 4.69) is 22.4 Å². The molecule has 0 spiro atoms. The molecule has 0 radical (unpaired) electrons. The molecule has 1 aromatic rings. The maximum absolute atomic E-state index is 11.0. The molecule has 0 unspecified atom stereocenters. The molecule has 0 aliphatic heterocycles. The van der Waals surface area contributed by atoms with Crippen molar-refractivity contribution in [1.29, 1.82) is 0 Å². The van der Waals surface area contributed by atoms with Crippen LogP contribution in [-0.2, 0) is 0 Å². The monoisotopic (exact) mass is 277 g/mol. The molecule has 19 heavy (non-hydrogen) atoms. The predicted octanol–water partition coefficient (Wildman–Crippen LogP) is 1.76. The minimum Gasteiger partial charge on any atom is -0.478 e. The van der Waals surface area contributed by atoms with Crippen molar-refractivity contribution in [3.63, 3.8) is 0 Å². The number of carboxylic acid groups (broad SMARTS) is 1. The smallest absolute Gasteiger partial charge is 0.336 e. The van der Waals surface area contributed by atoms with Gasteiger partial charge in [0.05, 0.1) is 11.8 Å². The van der Waals surface area contributed by atoms with E-state index < -0.39 is 5.97 Å². The lowest BCUT2D eigenvalue weighted by atomic mass is 10.1. The number of rotatable bonds is 5. The Kier molecular flexibility index (Phi) is 5.69. The Morgan fingerprint density at radius 1 is 1.53 bits per heavy atom. The largest absolute Gasteiger partial charge is 0.478 e. The SMILES string of the molecule is C=C(C)CNC(=S)N/N=C/c1ccccc1C(=O)O. The first-order valence-electron chi connectivity index (χ1n) is 5.54. The third-order valence-corrected chi connectivity index (χ3v) is 2.35. The zero-order valence-corrected chi connectivity index (χ0v) is 11.3. The summed E-state index contributed by atoms with van der Waals surface area (Å²) in [6, 6.07) is 6.58. The van der Waals surface area contributed by atoms with Crippen LogP contribution in [0.4, 0.5) is 0 Å². The van der Waals surface area contributed by atoms with E-state index in [0.29, 0.717) is 17.2 Å². The van der Waals surface area contributed by atoms with Gasteiger partial charge in [0.25, 0.3) is 0 Å². The lowest BCUT2D eigenvalue weighted by molar-refractivity contribution is 0.0697. The molecule has 0 fully saturated rings. The van der Waals surface area contributed by atoms with Crippen LogP contribution in [0.2, 0.25) is 0 Å². The van der Waals surface area contributed by atoms with E-state index in [1.165, 1.54) is 12.3 Å². The summed E-state index contributed by atoms with van der Waals surface area (Å²) in [4.78, 5) is 11.0. The number of hydrogen-bond acceptors (Lipinski definition) is 3. The van der Waals surface area contributed by atoms with E-state index in [1.807, 2.05) is 6.92 Å². The summed E-state index contributed by atoms with van der Waals surface area (Å²) in [5, 5.41) is 16.1.